The van der Waals surface area contributed by atoms with Gasteiger partial charge in [-0.15, -0.1) is 0 Å². The lowest BCUT2D eigenvalue weighted by molar-refractivity contribution is 1.35. The highest BCUT2D eigenvalue weighted by Crippen LogP contribution is 2.32. The molecule has 0 bridgehead atoms. The molecule has 0 fully saturated rings. The molecule has 2 aromatic rings. The van der Waals surface area contributed by atoms with Crippen molar-refractivity contribution < 1.29 is 0 Å². The molecular weight excluding hydrogens is 273 g/mol. The second-order valence-corrected chi connectivity index (χ2v) is 4.18. The average molecular weight is 277 g/mol. The fraction of sp³-hybridized carbons (Fsp3) is 0. The molecule has 0 amide bonds. The number of hydrogen-bond acceptors (Lipinski definition) is 1. The second kappa shape index (κ2) is 3.45. The molecule has 0 saturated heterocycles. The lowest BCUT2D eigenvalue weighted by atomic mass is 10.2. The smallest absolute Gasteiger partial charge is 0.136 e. The van der Waals surface area contributed by atoms with E-state index < -0.39 is 0 Å². The van der Waals surface area contributed by atoms with Crippen molar-refractivity contribution in [3.8, 4) is 0 Å². The first-order valence-corrected chi connectivity index (χ1v) is 5.13. The number of rotatable bonds is 0. The quantitative estimate of drug-likeness (QED) is 0.654. The molecule has 0 aliphatic rings. The number of fused-ring (bicyclic) bond motifs is 1. The molecule has 0 saturated carbocycles. The third-order valence-corrected chi connectivity index (χ3v) is 2.98. The Labute approximate surface area is 93.8 Å². The number of aromatic nitrogens is 1. The molecule has 0 N–H and O–H groups in total. The van der Waals surface area contributed by atoms with Crippen molar-refractivity contribution in [2.45, 2.75) is 0 Å². The van der Waals surface area contributed by atoms with Crippen LogP contribution in [-0.4, -0.2) is 4.98 Å². The maximum Gasteiger partial charge on any atom is 0.136 e. The van der Waals surface area contributed by atoms with Gasteiger partial charge in [0.05, 0.1) is 0 Å². The number of hydrogen-bond donors (Lipinski definition) is 0. The summed E-state index contributed by atoms with van der Waals surface area (Å²) < 4.78 is 0.859. The number of benzene rings is 1. The van der Waals surface area contributed by atoms with Crippen molar-refractivity contribution in [3.05, 3.63) is 39.0 Å². The Morgan fingerprint density at radius 3 is 2.69 bits per heavy atom. The van der Waals surface area contributed by atoms with E-state index in [4.69, 9.17) is 23.2 Å². The first-order valence-electron chi connectivity index (χ1n) is 3.58. The molecule has 1 aromatic heterocycles. The van der Waals surface area contributed by atoms with Crippen LogP contribution in [0.3, 0.4) is 0 Å². The van der Waals surface area contributed by atoms with Crippen molar-refractivity contribution in [2.75, 3.05) is 0 Å². The van der Waals surface area contributed by atoms with Crippen LogP contribution in [0.2, 0.25) is 10.2 Å². The first kappa shape index (κ1) is 9.25. The number of nitrogens with zero attached hydrogens (tertiary/aromatic N) is 1. The van der Waals surface area contributed by atoms with E-state index in [1.165, 1.54) is 0 Å². The zero-order chi connectivity index (χ0) is 9.42. The van der Waals surface area contributed by atoms with Crippen molar-refractivity contribution in [1.82, 2.24) is 4.98 Å². The maximum absolute atomic E-state index is 6.02. The summed E-state index contributed by atoms with van der Waals surface area (Å²) in [6.07, 6.45) is 1.65. The van der Waals surface area contributed by atoms with E-state index in [1.54, 1.807) is 6.20 Å². The highest BCUT2D eigenvalue weighted by molar-refractivity contribution is 9.10. The van der Waals surface area contributed by atoms with Gasteiger partial charge in [0.25, 0.3) is 0 Å². The third kappa shape index (κ3) is 1.54. The summed E-state index contributed by atoms with van der Waals surface area (Å²) in [6, 6.07) is 5.57. The molecule has 0 aliphatic heterocycles. The summed E-state index contributed by atoms with van der Waals surface area (Å²) in [5.74, 6) is 0. The molecule has 13 heavy (non-hydrogen) atoms. The van der Waals surface area contributed by atoms with Crippen molar-refractivity contribution in [3.63, 3.8) is 0 Å². The van der Waals surface area contributed by atoms with Gasteiger partial charge in [-0.05, 0) is 22.0 Å². The van der Waals surface area contributed by atoms with E-state index in [1.807, 2.05) is 18.2 Å². The summed E-state index contributed by atoms with van der Waals surface area (Å²) in [6.45, 7) is 0. The number of halogens is 3. The molecule has 0 radical (unpaired) electrons. The van der Waals surface area contributed by atoms with Gasteiger partial charge in [0.15, 0.2) is 0 Å². The molecule has 0 aliphatic carbocycles. The second-order valence-electron chi connectivity index (χ2n) is 2.56. The van der Waals surface area contributed by atoms with Crippen LogP contribution in [-0.2, 0) is 0 Å². The van der Waals surface area contributed by atoms with Gasteiger partial charge in [-0.1, -0.05) is 35.3 Å². The highest BCUT2D eigenvalue weighted by Gasteiger charge is 2.06. The molecule has 1 heterocycles. The van der Waals surface area contributed by atoms with Crippen LogP contribution in [0.1, 0.15) is 0 Å². The Hall–Kier alpha value is -0.310. The fourth-order valence-electron chi connectivity index (χ4n) is 1.19. The van der Waals surface area contributed by atoms with E-state index in [-0.39, 0.29) is 0 Å². The zero-order valence-corrected chi connectivity index (χ0v) is 9.49. The van der Waals surface area contributed by atoms with Gasteiger partial charge >= 0.3 is 0 Å². The lowest BCUT2D eigenvalue weighted by Crippen LogP contribution is -1.81. The minimum absolute atomic E-state index is 0.473. The fourth-order valence-corrected chi connectivity index (χ4v) is 2.31. The molecule has 0 atom stereocenters. The highest BCUT2D eigenvalue weighted by atomic mass is 79.9. The van der Waals surface area contributed by atoms with Crippen LogP contribution in [0.5, 0.6) is 0 Å². The van der Waals surface area contributed by atoms with Gasteiger partial charge in [-0.3, -0.25) is 0 Å². The Morgan fingerprint density at radius 2 is 2.00 bits per heavy atom. The van der Waals surface area contributed by atoms with Crippen LogP contribution in [0.25, 0.3) is 10.8 Å². The topological polar surface area (TPSA) is 12.9 Å². The largest absolute Gasteiger partial charge is 0.243 e. The molecule has 0 spiro atoms. The van der Waals surface area contributed by atoms with E-state index >= 15 is 0 Å². The number of pyridine rings is 1. The van der Waals surface area contributed by atoms with Crippen molar-refractivity contribution in [1.29, 1.82) is 0 Å². The van der Waals surface area contributed by atoms with Gasteiger partial charge < -0.3 is 0 Å². The molecule has 4 heteroatoms. The Balaban J connectivity index is 3.00. The molecular formula is C9H4BrCl2N. The predicted molar refractivity (Wildman–Crippen MR) is 59.5 cm³/mol. The van der Waals surface area contributed by atoms with E-state index in [9.17, 15) is 0 Å². The lowest BCUT2D eigenvalue weighted by Gasteiger charge is -2.03. The molecule has 1 aromatic carbocycles. The average Bonchev–Trinajstić information content (AvgIpc) is 2.12. The summed E-state index contributed by atoms with van der Waals surface area (Å²) in [5, 5.41) is 2.92. The van der Waals surface area contributed by atoms with Crippen LogP contribution < -0.4 is 0 Å². The summed E-state index contributed by atoms with van der Waals surface area (Å²) in [7, 11) is 0. The standard InChI is InChI=1S/C9H4BrCl2N/c10-6-4-13-9(12)5-2-1-3-7(11)8(5)6/h1-4H. The first-order chi connectivity index (χ1) is 6.20. The molecule has 1 nitrogen and oxygen atoms in total. The molecule has 66 valence electrons. The van der Waals surface area contributed by atoms with E-state index in [0.717, 1.165) is 15.2 Å². The van der Waals surface area contributed by atoms with Crippen LogP contribution >= 0.6 is 39.1 Å². The van der Waals surface area contributed by atoms with Crippen LogP contribution in [0.4, 0.5) is 0 Å². The Morgan fingerprint density at radius 1 is 1.23 bits per heavy atom. The van der Waals surface area contributed by atoms with Crippen LogP contribution in [0, 0.1) is 0 Å². The third-order valence-electron chi connectivity index (χ3n) is 1.77. The SMILES string of the molecule is Clc1ncc(Br)c2c(Cl)cccc12. The van der Waals surface area contributed by atoms with Crippen molar-refractivity contribution in [2.24, 2.45) is 0 Å². The van der Waals surface area contributed by atoms with E-state index in [2.05, 4.69) is 20.9 Å². The molecule has 0 unspecified atom stereocenters. The van der Waals surface area contributed by atoms with E-state index in [0.29, 0.717) is 10.2 Å². The summed E-state index contributed by atoms with van der Waals surface area (Å²) >= 11 is 15.3. The van der Waals surface area contributed by atoms with Gasteiger partial charge in [-0.2, -0.15) is 0 Å². The predicted octanol–water partition coefficient (Wildman–Crippen LogP) is 4.30. The molecule has 2 rings (SSSR count). The van der Waals surface area contributed by atoms with Gasteiger partial charge in [-0.25, -0.2) is 4.98 Å². The van der Waals surface area contributed by atoms with Gasteiger partial charge in [0.2, 0.25) is 0 Å². The van der Waals surface area contributed by atoms with Crippen LogP contribution in [0.15, 0.2) is 28.9 Å². The zero-order valence-electron chi connectivity index (χ0n) is 6.39. The normalized spacial score (nSPS) is 10.7. The monoisotopic (exact) mass is 275 g/mol. The maximum atomic E-state index is 6.02. The van der Waals surface area contributed by atoms with Gasteiger partial charge in [0, 0.05) is 26.5 Å². The van der Waals surface area contributed by atoms with Crippen molar-refractivity contribution >= 4 is 49.9 Å². The van der Waals surface area contributed by atoms with Gasteiger partial charge in [0.1, 0.15) is 5.15 Å². The Kier molecular flexibility index (Phi) is 2.45. The summed E-state index contributed by atoms with van der Waals surface area (Å²) in [5.41, 5.74) is 0. The minimum Gasteiger partial charge on any atom is -0.243 e. The summed E-state index contributed by atoms with van der Waals surface area (Å²) in [4.78, 5) is 4.01. The minimum atomic E-state index is 0.473. The Bertz CT molecular complexity index is 462.